The van der Waals surface area contributed by atoms with E-state index in [1.807, 2.05) is 26.0 Å². The molecule has 4 N–H and O–H groups in total. The number of hydrogen-bond acceptors (Lipinski definition) is 6. The summed E-state index contributed by atoms with van der Waals surface area (Å²) < 4.78 is 11.9. The van der Waals surface area contributed by atoms with E-state index in [0.717, 1.165) is 0 Å². The number of aromatic hydroxyl groups is 2. The van der Waals surface area contributed by atoms with Gasteiger partial charge in [0.2, 0.25) is 5.43 Å². The highest BCUT2D eigenvalue weighted by Gasteiger charge is 2.30. The SMILES string of the molecule is CC1(C)C=Cc2c(c(CCN)c(O)c3c(=O)c(-c4ccc(O)cc4)coc23)O1. The second kappa shape index (κ2) is 6.42. The van der Waals surface area contributed by atoms with Crippen LogP contribution in [0.1, 0.15) is 25.0 Å². The maximum atomic E-state index is 13.2. The highest BCUT2D eigenvalue weighted by molar-refractivity contribution is 5.97. The smallest absolute Gasteiger partial charge is 0.204 e. The van der Waals surface area contributed by atoms with Crippen molar-refractivity contribution in [3.63, 3.8) is 0 Å². The topological polar surface area (TPSA) is 106 Å². The first-order chi connectivity index (χ1) is 13.3. The Morgan fingerprint density at radius 1 is 1.14 bits per heavy atom. The summed E-state index contributed by atoms with van der Waals surface area (Å²) in [4.78, 5) is 13.2. The van der Waals surface area contributed by atoms with Gasteiger partial charge in [0.1, 0.15) is 34.5 Å². The van der Waals surface area contributed by atoms with Gasteiger partial charge in [-0.1, -0.05) is 12.1 Å². The minimum absolute atomic E-state index is 0.0979. The van der Waals surface area contributed by atoms with Crippen LogP contribution in [0.15, 0.2) is 45.8 Å². The zero-order chi connectivity index (χ0) is 20.1. The third kappa shape index (κ3) is 2.82. The Bertz CT molecular complexity index is 1160. The van der Waals surface area contributed by atoms with Crippen LogP contribution in [0, 0.1) is 0 Å². The first-order valence-electron chi connectivity index (χ1n) is 9.03. The van der Waals surface area contributed by atoms with Crippen molar-refractivity contribution in [3.8, 4) is 28.4 Å². The molecule has 6 heteroatoms. The van der Waals surface area contributed by atoms with Crippen LogP contribution in [-0.4, -0.2) is 22.4 Å². The average molecular weight is 379 g/mol. The van der Waals surface area contributed by atoms with Gasteiger partial charge < -0.3 is 25.1 Å². The second-order valence-electron chi connectivity index (χ2n) is 7.38. The minimum atomic E-state index is -0.553. The van der Waals surface area contributed by atoms with Gasteiger partial charge in [-0.2, -0.15) is 0 Å². The average Bonchev–Trinajstić information content (AvgIpc) is 2.65. The Morgan fingerprint density at radius 3 is 2.54 bits per heavy atom. The summed E-state index contributed by atoms with van der Waals surface area (Å²) in [6.07, 6.45) is 5.46. The lowest BCUT2D eigenvalue weighted by Gasteiger charge is -2.30. The molecule has 0 amide bonds. The summed E-state index contributed by atoms with van der Waals surface area (Å²) in [5.41, 5.74) is 7.09. The van der Waals surface area contributed by atoms with Gasteiger partial charge in [0, 0.05) is 5.56 Å². The van der Waals surface area contributed by atoms with E-state index in [2.05, 4.69) is 0 Å². The Balaban J connectivity index is 2.05. The molecule has 1 aliphatic heterocycles. The molecule has 0 saturated carbocycles. The van der Waals surface area contributed by atoms with Gasteiger partial charge in [-0.3, -0.25) is 4.79 Å². The number of phenolic OH excluding ortho intramolecular Hbond substituents is 2. The van der Waals surface area contributed by atoms with Crippen LogP contribution in [0.25, 0.3) is 28.2 Å². The van der Waals surface area contributed by atoms with Gasteiger partial charge in [-0.05, 0) is 56.7 Å². The molecule has 0 aliphatic carbocycles. The zero-order valence-electron chi connectivity index (χ0n) is 15.7. The van der Waals surface area contributed by atoms with Crippen molar-refractivity contribution in [2.75, 3.05) is 6.54 Å². The van der Waals surface area contributed by atoms with E-state index in [0.29, 0.717) is 41.0 Å². The van der Waals surface area contributed by atoms with Crippen LogP contribution in [-0.2, 0) is 6.42 Å². The maximum Gasteiger partial charge on any atom is 0.204 e. The molecule has 0 atom stereocenters. The molecular weight excluding hydrogens is 358 g/mol. The number of phenols is 2. The van der Waals surface area contributed by atoms with Gasteiger partial charge in [-0.15, -0.1) is 0 Å². The monoisotopic (exact) mass is 379 g/mol. The predicted molar refractivity (Wildman–Crippen MR) is 108 cm³/mol. The van der Waals surface area contributed by atoms with Crippen LogP contribution in [0.4, 0.5) is 0 Å². The molecule has 0 spiro atoms. The molecule has 0 unspecified atom stereocenters. The third-order valence-electron chi connectivity index (χ3n) is 4.87. The van der Waals surface area contributed by atoms with E-state index in [9.17, 15) is 15.0 Å². The summed E-state index contributed by atoms with van der Waals surface area (Å²) in [7, 11) is 0. The molecule has 0 radical (unpaired) electrons. The summed E-state index contributed by atoms with van der Waals surface area (Å²) in [6, 6.07) is 6.22. The minimum Gasteiger partial charge on any atom is -0.508 e. The lowest BCUT2D eigenvalue weighted by Crippen LogP contribution is -2.28. The molecule has 4 rings (SSSR count). The molecule has 28 heavy (non-hydrogen) atoms. The number of fused-ring (bicyclic) bond motifs is 3. The lowest BCUT2D eigenvalue weighted by molar-refractivity contribution is 0.156. The van der Waals surface area contributed by atoms with Crippen molar-refractivity contribution in [3.05, 3.63) is 58.0 Å². The standard InChI is InChI=1S/C22H21NO5/c1-22(2)9-7-15-20(28-22)14(8-10-23)18(25)17-19(26)16(11-27-21(15)17)12-3-5-13(24)6-4-12/h3-7,9,11,24-25H,8,10,23H2,1-2H3. The fourth-order valence-corrected chi connectivity index (χ4v) is 3.47. The Morgan fingerprint density at radius 2 is 1.86 bits per heavy atom. The van der Waals surface area contributed by atoms with E-state index in [-0.39, 0.29) is 27.9 Å². The van der Waals surface area contributed by atoms with Crippen LogP contribution in [0.5, 0.6) is 17.2 Å². The molecule has 0 fully saturated rings. The number of benzene rings is 2. The highest BCUT2D eigenvalue weighted by Crippen LogP contribution is 2.44. The Labute approximate surface area is 161 Å². The van der Waals surface area contributed by atoms with Gasteiger partial charge in [0.25, 0.3) is 0 Å². The molecule has 6 nitrogen and oxygen atoms in total. The number of hydrogen-bond donors (Lipinski definition) is 3. The number of nitrogens with two attached hydrogens (primary N) is 1. The Hall–Kier alpha value is -3.25. The molecule has 3 aromatic rings. The van der Waals surface area contributed by atoms with E-state index < -0.39 is 5.60 Å². The molecule has 0 saturated heterocycles. The van der Waals surface area contributed by atoms with Crippen LogP contribution in [0.2, 0.25) is 0 Å². The van der Waals surface area contributed by atoms with Gasteiger partial charge >= 0.3 is 0 Å². The van der Waals surface area contributed by atoms with E-state index in [1.54, 1.807) is 12.1 Å². The van der Waals surface area contributed by atoms with Crippen molar-refractivity contribution in [1.29, 1.82) is 0 Å². The normalized spacial score (nSPS) is 14.7. The predicted octanol–water partition coefficient (Wildman–Crippen LogP) is 3.56. The van der Waals surface area contributed by atoms with Crippen molar-refractivity contribution in [2.24, 2.45) is 5.73 Å². The van der Waals surface area contributed by atoms with Crippen LogP contribution in [0.3, 0.4) is 0 Å². The van der Waals surface area contributed by atoms with Crippen molar-refractivity contribution >= 4 is 17.0 Å². The van der Waals surface area contributed by atoms with Crippen LogP contribution >= 0.6 is 0 Å². The van der Waals surface area contributed by atoms with Crippen molar-refractivity contribution in [2.45, 2.75) is 25.9 Å². The van der Waals surface area contributed by atoms with Gasteiger partial charge in [0.15, 0.2) is 5.58 Å². The molecule has 1 aliphatic rings. The first kappa shape index (κ1) is 18.1. The fourth-order valence-electron chi connectivity index (χ4n) is 3.47. The number of ether oxygens (including phenoxy) is 1. The molecule has 2 heterocycles. The largest absolute Gasteiger partial charge is 0.508 e. The van der Waals surface area contributed by atoms with E-state index >= 15 is 0 Å². The maximum absolute atomic E-state index is 13.2. The zero-order valence-corrected chi connectivity index (χ0v) is 15.7. The first-order valence-corrected chi connectivity index (χ1v) is 9.03. The molecular formula is C22H21NO5. The second-order valence-corrected chi connectivity index (χ2v) is 7.38. The lowest BCUT2D eigenvalue weighted by atomic mass is 9.94. The summed E-state index contributed by atoms with van der Waals surface area (Å²) in [5.74, 6) is 0.420. The highest BCUT2D eigenvalue weighted by atomic mass is 16.5. The molecule has 2 aromatic carbocycles. The summed E-state index contributed by atoms with van der Waals surface area (Å²) in [5, 5.41) is 20.5. The molecule has 1 aromatic heterocycles. The van der Waals surface area contributed by atoms with Crippen molar-refractivity contribution < 1.29 is 19.4 Å². The quantitative estimate of drug-likeness (QED) is 0.643. The fraction of sp³-hybridized carbons (Fsp3) is 0.227. The summed E-state index contributed by atoms with van der Waals surface area (Å²) >= 11 is 0. The third-order valence-corrected chi connectivity index (χ3v) is 4.87. The van der Waals surface area contributed by atoms with Gasteiger partial charge in [-0.25, -0.2) is 0 Å². The van der Waals surface area contributed by atoms with Crippen LogP contribution < -0.4 is 15.9 Å². The number of rotatable bonds is 3. The molecule has 144 valence electrons. The van der Waals surface area contributed by atoms with Gasteiger partial charge in [0.05, 0.1) is 11.1 Å². The summed E-state index contributed by atoms with van der Waals surface area (Å²) in [6.45, 7) is 4.11. The molecule has 0 bridgehead atoms. The van der Waals surface area contributed by atoms with E-state index in [4.69, 9.17) is 14.9 Å². The van der Waals surface area contributed by atoms with E-state index in [1.165, 1.54) is 18.4 Å². The van der Waals surface area contributed by atoms with Crippen molar-refractivity contribution in [1.82, 2.24) is 0 Å². The Kier molecular flexibility index (Phi) is 4.16.